The zero-order valence-electron chi connectivity index (χ0n) is 15.4. The molecule has 0 aliphatic carbocycles. The van der Waals surface area contributed by atoms with Crippen LogP contribution in [0.4, 0.5) is 5.95 Å². The minimum Gasteiger partial charge on any atom is -0.369 e. The maximum absolute atomic E-state index is 12.0. The van der Waals surface area contributed by atoms with E-state index >= 15 is 0 Å². The van der Waals surface area contributed by atoms with Gasteiger partial charge in [0.1, 0.15) is 6.54 Å². The van der Waals surface area contributed by atoms with Crippen LogP contribution >= 0.6 is 0 Å². The molecule has 0 radical (unpaired) electrons. The summed E-state index contributed by atoms with van der Waals surface area (Å²) in [6.07, 6.45) is 6.48. The highest BCUT2D eigenvalue weighted by Crippen LogP contribution is 2.10. The highest BCUT2D eigenvalue weighted by Gasteiger charge is 2.06. The van der Waals surface area contributed by atoms with Gasteiger partial charge < -0.3 is 21.0 Å². The largest absolute Gasteiger partial charge is 0.369 e. The third-order valence-electron chi connectivity index (χ3n) is 3.94. The molecule has 0 atom stereocenters. The Morgan fingerprint density at radius 1 is 1.33 bits per heavy atom. The van der Waals surface area contributed by atoms with E-state index in [9.17, 15) is 4.79 Å². The Labute approximate surface area is 159 Å². The zero-order chi connectivity index (χ0) is 19.5. The average molecular weight is 369 g/mol. The lowest BCUT2D eigenvalue weighted by molar-refractivity contribution is -0.121. The van der Waals surface area contributed by atoms with Gasteiger partial charge in [0.2, 0.25) is 5.91 Å². The van der Waals surface area contributed by atoms with E-state index in [1.165, 1.54) is 10.6 Å². The lowest BCUT2D eigenvalue weighted by atomic mass is 10.1. The number of nitrogens with one attached hydrogen (secondary N) is 2. The molecule has 0 fully saturated rings. The second kappa shape index (κ2) is 10.8. The van der Waals surface area contributed by atoms with Gasteiger partial charge in [0.15, 0.2) is 5.95 Å². The monoisotopic (exact) mass is 369 g/mol. The summed E-state index contributed by atoms with van der Waals surface area (Å²) in [7, 11) is 0. The highest BCUT2D eigenvalue weighted by atomic mass is 16.2. The number of nitrogen functional groups attached to an aromatic ring is 1. The lowest BCUT2D eigenvalue weighted by Crippen LogP contribution is -2.39. The fourth-order valence-electron chi connectivity index (χ4n) is 2.59. The first-order valence-electron chi connectivity index (χ1n) is 8.86. The summed E-state index contributed by atoms with van der Waals surface area (Å²) in [5.41, 5.74) is 8.35. The van der Waals surface area contributed by atoms with Gasteiger partial charge in [-0.15, -0.1) is 0 Å². The maximum Gasteiger partial charge on any atom is 0.241 e. The first-order chi connectivity index (χ1) is 13.1. The van der Waals surface area contributed by atoms with Crippen molar-refractivity contribution in [1.29, 1.82) is 0 Å². The number of H-pyrrole nitrogens is 1. The van der Waals surface area contributed by atoms with Crippen LogP contribution in [-0.2, 0) is 17.6 Å². The number of carbonyl (C=O) groups is 1. The zero-order valence-corrected chi connectivity index (χ0v) is 15.4. The second-order valence-corrected chi connectivity index (χ2v) is 6.17. The summed E-state index contributed by atoms with van der Waals surface area (Å²) in [6.45, 7) is 4.19. The standard InChI is InChI=1S/C19H27N7O/c1-22-17(9-5-8-16-12-24-19(20)25-16)13-26(21)14-18(27)23-11-10-15-6-3-2-4-7-15/h2-4,6-7,12-13H,1,5,8-11,14,21H2,(H,23,27)(H3,20,24,25)/b17-13-. The number of carbonyl (C=O) groups excluding carboxylic acids is 1. The molecule has 0 unspecified atom stereocenters. The van der Waals surface area contributed by atoms with Crippen LogP contribution in [0.5, 0.6) is 0 Å². The molecule has 1 aromatic heterocycles. The molecule has 8 nitrogen and oxygen atoms in total. The van der Waals surface area contributed by atoms with Crippen molar-refractivity contribution in [1.82, 2.24) is 20.3 Å². The van der Waals surface area contributed by atoms with Crippen LogP contribution in [0.2, 0.25) is 0 Å². The summed E-state index contributed by atoms with van der Waals surface area (Å²) in [5, 5.41) is 4.19. The summed E-state index contributed by atoms with van der Waals surface area (Å²) >= 11 is 0. The van der Waals surface area contributed by atoms with Crippen molar-refractivity contribution in [3.05, 3.63) is 59.7 Å². The van der Waals surface area contributed by atoms with Gasteiger partial charge in [-0.05, 0) is 38.0 Å². The number of imidazole rings is 1. The van der Waals surface area contributed by atoms with E-state index in [-0.39, 0.29) is 12.5 Å². The number of rotatable bonds is 11. The Bertz CT molecular complexity index is 754. The number of aromatic nitrogens is 2. The van der Waals surface area contributed by atoms with Gasteiger partial charge in [-0.25, -0.2) is 10.8 Å². The van der Waals surface area contributed by atoms with Gasteiger partial charge in [0.05, 0.1) is 11.4 Å². The van der Waals surface area contributed by atoms with Gasteiger partial charge in [0, 0.05) is 18.9 Å². The summed E-state index contributed by atoms with van der Waals surface area (Å²) in [4.78, 5) is 23.0. The summed E-state index contributed by atoms with van der Waals surface area (Å²) in [6, 6.07) is 9.99. The topological polar surface area (TPSA) is 125 Å². The normalized spacial score (nSPS) is 11.2. The molecule has 0 spiro atoms. The molecule has 0 saturated heterocycles. The van der Waals surface area contributed by atoms with Gasteiger partial charge >= 0.3 is 0 Å². The number of hydrogen-bond acceptors (Lipinski definition) is 6. The number of nitrogens with zero attached hydrogens (tertiary/aromatic N) is 3. The Morgan fingerprint density at radius 2 is 2.11 bits per heavy atom. The molecular weight excluding hydrogens is 342 g/mol. The van der Waals surface area contributed by atoms with E-state index < -0.39 is 0 Å². The lowest BCUT2D eigenvalue weighted by Gasteiger charge is -2.15. The molecule has 0 bridgehead atoms. The Hall–Kier alpha value is -3.13. The molecule has 8 heteroatoms. The van der Waals surface area contributed by atoms with Gasteiger partial charge in [0.25, 0.3) is 0 Å². The smallest absolute Gasteiger partial charge is 0.241 e. The number of aryl methyl sites for hydroxylation is 1. The number of allylic oxidation sites excluding steroid dienone is 1. The SMILES string of the molecule is C=N/C(=C\N(N)CC(=O)NCCc1ccccc1)CCCc1c[nH]c(N)n1. The molecule has 0 aliphatic rings. The van der Waals surface area contributed by atoms with E-state index in [0.717, 1.165) is 30.7 Å². The van der Waals surface area contributed by atoms with Crippen LogP contribution in [0.25, 0.3) is 0 Å². The predicted molar refractivity (Wildman–Crippen MR) is 108 cm³/mol. The summed E-state index contributed by atoms with van der Waals surface area (Å²) in [5.74, 6) is 6.17. The molecule has 0 aliphatic heterocycles. The van der Waals surface area contributed by atoms with Crippen molar-refractivity contribution >= 4 is 18.6 Å². The Kier molecular flexibility index (Phi) is 8.05. The number of benzene rings is 1. The first kappa shape index (κ1) is 20.2. The molecule has 1 aromatic carbocycles. The van der Waals surface area contributed by atoms with Crippen LogP contribution < -0.4 is 16.9 Å². The quantitative estimate of drug-likeness (QED) is 0.271. The highest BCUT2D eigenvalue weighted by molar-refractivity contribution is 5.78. The summed E-state index contributed by atoms with van der Waals surface area (Å²) < 4.78 is 0. The minimum atomic E-state index is -0.139. The van der Waals surface area contributed by atoms with Crippen molar-refractivity contribution in [2.24, 2.45) is 10.8 Å². The number of hydrogen-bond donors (Lipinski definition) is 4. The van der Waals surface area contributed by atoms with Crippen LogP contribution in [0.1, 0.15) is 24.1 Å². The van der Waals surface area contributed by atoms with Crippen molar-refractivity contribution in [3.8, 4) is 0 Å². The van der Waals surface area contributed by atoms with E-state index in [1.807, 2.05) is 30.3 Å². The molecule has 1 amide bonds. The maximum atomic E-state index is 12.0. The van der Waals surface area contributed by atoms with Crippen molar-refractivity contribution < 1.29 is 4.79 Å². The van der Waals surface area contributed by atoms with Gasteiger partial charge in [-0.2, -0.15) is 0 Å². The molecule has 2 rings (SSSR count). The third-order valence-corrected chi connectivity index (χ3v) is 3.94. The minimum absolute atomic E-state index is 0.0592. The molecule has 0 saturated carbocycles. The van der Waals surface area contributed by atoms with Crippen molar-refractivity contribution in [3.63, 3.8) is 0 Å². The fourth-order valence-corrected chi connectivity index (χ4v) is 2.59. The fraction of sp³-hybridized carbons (Fsp3) is 0.316. The van der Waals surface area contributed by atoms with Crippen LogP contribution in [0.15, 0.2) is 53.4 Å². The van der Waals surface area contributed by atoms with Crippen LogP contribution in [0, 0.1) is 0 Å². The molecule has 144 valence electrons. The molecule has 6 N–H and O–H groups in total. The molecular formula is C19H27N7O. The van der Waals surface area contributed by atoms with E-state index in [2.05, 4.69) is 27.0 Å². The number of nitrogens with two attached hydrogens (primary N) is 2. The first-order valence-corrected chi connectivity index (χ1v) is 8.86. The number of amides is 1. The van der Waals surface area contributed by atoms with E-state index in [0.29, 0.717) is 18.9 Å². The molecule has 27 heavy (non-hydrogen) atoms. The van der Waals surface area contributed by atoms with Crippen molar-refractivity contribution in [2.75, 3.05) is 18.8 Å². The number of aromatic amines is 1. The Balaban J connectivity index is 1.69. The van der Waals surface area contributed by atoms with Crippen molar-refractivity contribution in [2.45, 2.75) is 25.7 Å². The number of aliphatic imine (C=N–C) groups is 1. The van der Waals surface area contributed by atoms with Gasteiger partial charge in [-0.3, -0.25) is 9.79 Å². The Morgan fingerprint density at radius 3 is 2.78 bits per heavy atom. The number of hydrazine groups is 1. The predicted octanol–water partition coefficient (Wildman–Crippen LogP) is 1.39. The third kappa shape index (κ3) is 7.74. The average Bonchev–Trinajstić information content (AvgIpc) is 3.06. The molecule has 2 aromatic rings. The van der Waals surface area contributed by atoms with Gasteiger partial charge in [-0.1, -0.05) is 30.3 Å². The van der Waals surface area contributed by atoms with Crippen LogP contribution in [-0.4, -0.2) is 40.7 Å². The molecule has 1 heterocycles. The van der Waals surface area contributed by atoms with Crippen LogP contribution in [0.3, 0.4) is 0 Å². The second-order valence-electron chi connectivity index (χ2n) is 6.17. The van der Waals surface area contributed by atoms with E-state index in [1.54, 1.807) is 12.4 Å². The number of anilines is 1. The van der Waals surface area contributed by atoms with E-state index in [4.69, 9.17) is 11.6 Å².